The van der Waals surface area contributed by atoms with E-state index in [-0.39, 0.29) is 11.8 Å². The lowest BCUT2D eigenvalue weighted by Gasteiger charge is -2.15. The van der Waals surface area contributed by atoms with E-state index >= 15 is 0 Å². The van der Waals surface area contributed by atoms with E-state index in [0.29, 0.717) is 6.42 Å². The summed E-state index contributed by atoms with van der Waals surface area (Å²) in [5.74, 6) is 1.13. The Balaban J connectivity index is 2.47. The molecule has 0 aromatic heterocycles. The van der Waals surface area contributed by atoms with Crippen molar-refractivity contribution in [3.63, 3.8) is 0 Å². The lowest BCUT2D eigenvalue weighted by molar-refractivity contribution is 0.573. The normalized spacial score (nSPS) is 13.5. The highest BCUT2D eigenvalue weighted by Crippen LogP contribution is 2.23. The molecule has 1 atom stereocenters. The second-order valence-corrected chi connectivity index (χ2v) is 7.80. The topological polar surface area (TPSA) is 46.2 Å². The van der Waals surface area contributed by atoms with Crippen LogP contribution < -0.4 is 5.32 Å². The Morgan fingerprint density at radius 1 is 1.33 bits per heavy atom. The first-order valence-corrected chi connectivity index (χ1v) is 9.00. The van der Waals surface area contributed by atoms with Gasteiger partial charge < -0.3 is 5.32 Å². The van der Waals surface area contributed by atoms with Crippen LogP contribution in [0.25, 0.3) is 0 Å². The smallest absolute Gasteiger partial charge is 0.147 e. The van der Waals surface area contributed by atoms with Crippen LogP contribution in [0.1, 0.15) is 12.0 Å². The van der Waals surface area contributed by atoms with E-state index in [2.05, 4.69) is 24.4 Å². The van der Waals surface area contributed by atoms with Crippen LogP contribution in [0.5, 0.6) is 0 Å². The standard InChI is InChI=1S/C13H21NO2S2/c1-11-6-4-5-7-13(11)17-10-12(14-2)8-9-18(3,15)16/h4-7,12,14H,8-10H2,1-3H3. The second kappa shape index (κ2) is 7.16. The Bertz CT molecular complexity index is 472. The average Bonchev–Trinajstić information content (AvgIpc) is 2.30. The fourth-order valence-corrected chi connectivity index (χ4v) is 3.47. The summed E-state index contributed by atoms with van der Waals surface area (Å²) in [7, 11) is -0.989. The maximum atomic E-state index is 11.1. The molecule has 1 aromatic rings. The third kappa shape index (κ3) is 5.89. The molecular weight excluding hydrogens is 266 g/mol. The number of thioether (sulfide) groups is 1. The van der Waals surface area contributed by atoms with Crippen LogP contribution in [0.2, 0.25) is 0 Å². The van der Waals surface area contributed by atoms with E-state index in [1.807, 2.05) is 19.2 Å². The van der Waals surface area contributed by atoms with Crippen LogP contribution in [-0.2, 0) is 9.84 Å². The van der Waals surface area contributed by atoms with E-state index in [0.717, 1.165) is 5.75 Å². The van der Waals surface area contributed by atoms with Crippen LogP contribution in [0, 0.1) is 6.92 Å². The van der Waals surface area contributed by atoms with Gasteiger partial charge in [-0.1, -0.05) is 18.2 Å². The molecule has 0 amide bonds. The Morgan fingerprint density at radius 3 is 2.56 bits per heavy atom. The molecule has 1 unspecified atom stereocenters. The minimum atomic E-state index is -2.87. The van der Waals surface area contributed by atoms with E-state index in [9.17, 15) is 8.42 Å². The van der Waals surface area contributed by atoms with E-state index in [1.165, 1.54) is 16.7 Å². The third-order valence-corrected chi connectivity index (χ3v) is 5.09. The molecule has 102 valence electrons. The monoisotopic (exact) mass is 287 g/mol. The Kier molecular flexibility index (Phi) is 6.18. The predicted molar refractivity (Wildman–Crippen MR) is 79.1 cm³/mol. The molecule has 0 aliphatic heterocycles. The van der Waals surface area contributed by atoms with Crippen molar-refractivity contribution in [2.24, 2.45) is 0 Å². The summed E-state index contributed by atoms with van der Waals surface area (Å²) >= 11 is 1.77. The van der Waals surface area contributed by atoms with Crippen LogP contribution in [0.15, 0.2) is 29.2 Å². The summed E-state index contributed by atoms with van der Waals surface area (Å²) in [6.07, 6.45) is 1.95. The Labute approximate surface area is 114 Å². The zero-order valence-corrected chi connectivity index (χ0v) is 12.8. The molecule has 0 saturated heterocycles. The molecule has 1 rings (SSSR count). The molecule has 1 N–H and O–H groups in total. The van der Waals surface area contributed by atoms with Crippen LogP contribution in [0.3, 0.4) is 0 Å². The second-order valence-electron chi connectivity index (χ2n) is 4.48. The fourth-order valence-electron chi connectivity index (χ4n) is 1.58. The number of aryl methyl sites for hydroxylation is 1. The highest BCUT2D eigenvalue weighted by Gasteiger charge is 2.11. The van der Waals surface area contributed by atoms with Gasteiger partial charge in [-0.3, -0.25) is 0 Å². The molecule has 0 aliphatic carbocycles. The first-order chi connectivity index (χ1) is 8.42. The van der Waals surface area contributed by atoms with Crippen molar-refractivity contribution in [1.29, 1.82) is 0 Å². The van der Waals surface area contributed by atoms with Gasteiger partial charge in [0.15, 0.2) is 0 Å². The zero-order chi connectivity index (χ0) is 13.6. The molecule has 1 aromatic carbocycles. The number of sulfone groups is 1. The lowest BCUT2D eigenvalue weighted by Crippen LogP contribution is -2.30. The summed E-state index contributed by atoms with van der Waals surface area (Å²) in [6, 6.07) is 8.47. The molecule has 5 heteroatoms. The average molecular weight is 287 g/mol. The number of benzene rings is 1. The van der Waals surface area contributed by atoms with Crippen LogP contribution in [-0.4, -0.2) is 39.3 Å². The largest absolute Gasteiger partial charge is 0.316 e. The SMILES string of the molecule is CNC(CCS(C)(=O)=O)CSc1ccccc1C. The fraction of sp³-hybridized carbons (Fsp3) is 0.538. The van der Waals surface area contributed by atoms with Crippen molar-refractivity contribution in [3.8, 4) is 0 Å². The number of rotatable bonds is 7. The number of hydrogen-bond acceptors (Lipinski definition) is 4. The van der Waals surface area contributed by atoms with Gasteiger partial charge in [0, 0.05) is 22.9 Å². The summed E-state index contributed by atoms with van der Waals surface area (Å²) in [6.45, 7) is 2.09. The summed E-state index contributed by atoms with van der Waals surface area (Å²) in [5, 5.41) is 3.18. The van der Waals surface area contributed by atoms with Crippen LogP contribution in [0.4, 0.5) is 0 Å². The molecule has 0 bridgehead atoms. The molecule has 0 aliphatic rings. The minimum absolute atomic E-state index is 0.226. The van der Waals surface area contributed by atoms with Gasteiger partial charge in [-0.15, -0.1) is 11.8 Å². The molecule has 0 heterocycles. The molecule has 3 nitrogen and oxygen atoms in total. The van der Waals surface area contributed by atoms with Gasteiger partial charge in [-0.25, -0.2) is 8.42 Å². The van der Waals surface area contributed by atoms with Gasteiger partial charge in [0.25, 0.3) is 0 Å². The van der Waals surface area contributed by atoms with Gasteiger partial charge >= 0.3 is 0 Å². The molecule has 18 heavy (non-hydrogen) atoms. The van der Waals surface area contributed by atoms with Gasteiger partial charge in [0.05, 0.1) is 5.75 Å². The van der Waals surface area contributed by atoms with E-state index in [4.69, 9.17) is 0 Å². The van der Waals surface area contributed by atoms with Crippen molar-refractivity contribution >= 4 is 21.6 Å². The highest BCUT2D eigenvalue weighted by molar-refractivity contribution is 7.99. The van der Waals surface area contributed by atoms with Crippen LogP contribution >= 0.6 is 11.8 Å². The van der Waals surface area contributed by atoms with Crippen molar-refractivity contribution in [3.05, 3.63) is 29.8 Å². The van der Waals surface area contributed by atoms with Gasteiger partial charge in [-0.05, 0) is 32.0 Å². The molecule has 0 radical (unpaired) electrons. The number of hydrogen-bond donors (Lipinski definition) is 1. The van der Waals surface area contributed by atoms with Crippen molar-refractivity contribution in [1.82, 2.24) is 5.32 Å². The molecule has 0 spiro atoms. The van der Waals surface area contributed by atoms with Gasteiger partial charge in [0.1, 0.15) is 9.84 Å². The summed E-state index contributed by atoms with van der Waals surface area (Å²) in [4.78, 5) is 1.26. The number of nitrogens with one attached hydrogen (secondary N) is 1. The Hall–Kier alpha value is -0.520. The lowest BCUT2D eigenvalue weighted by atomic mass is 10.2. The first-order valence-electron chi connectivity index (χ1n) is 5.96. The Morgan fingerprint density at radius 2 is 2.00 bits per heavy atom. The third-order valence-electron chi connectivity index (χ3n) is 2.78. The van der Waals surface area contributed by atoms with E-state index in [1.54, 1.807) is 11.8 Å². The van der Waals surface area contributed by atoms with Gasteiger partial charge in [0.2, 0.25) is 0 Å². The van der Waals surface area contributed by atoms with Crippen molar-refractivity contribution in [2.75, 3.05) is 24.8 Å². The summed E-state index contributed by atoms with van der Waals surface area (Å²) in [5.41, 5.74) is 1.26. The first kappa shape index (κ1) is 15.5. The maximum Gasteiger partial charge on any atom is 0.147 e. The van der Waals surface area contributed by atoms with E-state index < -0.39 is 9.84 Å². The predicted octanol–water partition coefficient (Wildman–Crippen LogP) is 2.11. The minimum Gasteiger partial charge on any atom is -0.316 e. The van der Waals surface area contributed by atoms with Crippen molar-refractivity contribution in [2.45, 2.75) is 24.3 Å². The molecule has 0 saturated carbocycles. The molecule has 0 fully saturated rings. The van der Waals surface area contributed by atoms with Crippen molar-refractivity contribution < 1.29 is 8.42 Å². The molecular formula is C13H21NO2S2. The quantitative estimate of drug-likeness (QED) is 0.780. The summed E-state index contributed by atoms with van der Waals surface area (Å²) < 4.78 is 22.3. The maximum absolute atomic E-state index is 11.1. The van der Waals surface area contributed by atoms with Gasteiger partial charge in [-0.2, -0.15) is 0 Å². The highest BCUT2D eigenvalue weighted by atomic mass is 32.2. The zero-order valence-electron chi connectivity index (χ0n) is 11.1.